The van der Waals surface area contributed by atoms with Crippen LogP contribution in [0.2, 0.25) is 0 Å². The minimum absolute atomic E-state index is 0.313. The van der Waals surface area contributed by atoms with E-state index < -0.39 is 0 Å². The Hall–Kier alpha value is -2.36. The zero-order valence-electron chi connectivity index (χ0n) is 10.6. The van der Waals surface area contributed by atoms with Crippen molar-refractivity contribution in [3.63, 3.8) is 0 Å². The van der Waals surface area contributed by atoms with Crippen LogP contribution in [-0.4, -0.2) is 6.03 Å². The van der Waals surface area contributed by atoms with Crippen molar-refractivity contribution in [2.45, 2.75) is 13.5 Å². The normalized spacial score (nSPS) is 10.0. The Morgan fingerprint density at radius 1 is 1.05 bits per heavy atom. The van der Waals surface area contributed by atoms with Gasteiger partial charge in [-0.3, -0.25) is 0 Å². The fourth-order valence-electron chi connectivity index (χ4n) is 1.60. The van der Waals surface area contributed by atoms with Crippen LogP contribution in [0.15, 0.2) is 48.5 Å². The average molecular weight is 258 g/mol. The summed E-state index contributed by atoms with van der Waals surface area (Å²) in [6.45, 7) is 2.46. The SMILES string of the molecule is Cc1ccc(CNC(=O)Nc2ccc(F)cc2)cc1. The summed E-state index contributed by atoms with van der Waals surface area (Å²) in [5.41, 5.74) is 2.77. The first-order valence-corrected chi connectivity index (χ1v) is 5.99. The molecule has 2 aromatic rings. The Labute approximate surface area is 111 Å². The fourth-order valence-corrected chi connectivity index (χ4v) is 1.60. The van der Waals surface area contributed by atoms with Gasteiger partial charge in [0, 0.05) is 12.2 Å². The first-order valence-electron chi connectivity index (χ1n) is 5.99. The highest BCUT2D eigenvalue weighted by Gasteiger charge is 2.01. The van der Waals surface area contributed by atoms with Crippen molar-refractivity contribution >= 4 is 11.7 Å². The standard InChI is InChI=1S/C15H15FN2O/c1-11-2-4-12(5-3-11)10-17-15(19)18-14-8-6-13(16)7-9-14/h2-9H,10H2,1H3,(H2,17,18,19). The molecule has 0 aromatic heterocycles. The average Bonchev–Trinajstić information content (AvgIpc) is 2.41. The van der Waals surface area contributed by atoms with Gasteiger partial charge in [-0.25, -0.2) is 9.18 Å². The maximum atomic E-state index is 12.7. The van der Waals surface area contributed by atoms with Gasteiger partial charge >= 0.3 is 6.03 Å². The summed E-state index contributed by atoms with van der Waals surface area (Å²) in [7, 11) is 0. The molecule has 0 aliphatic heterocycles. The van der Waals surface area contributed by atoms with Crippen molar-refractivity contribution in [3.05, 3.63) is 65.5 Å². The number of urea groups is 1. The molecule has 0 aliphatic carbocycles. The number of carbonyl (C=O) groups is 1. The van der Waals surface area contributed by atoms with Crippen LogP contribution in [0.1, 0.15) is 11.1 Å². The molecule has 19 heavy (non-hydrogen) atoms. The molecule has 2 amide bonds. The number of aryl methyl sites for hydroxylation is 1. The number of hydrogen-bond acceptors (Lipinski definition) is 1. The van der Waals surface area contributed by atoms with Crippen LogP contribution >= 0.6 is 0 Å². The van der Waals surface area contributed by atoms with E-state index in [2.05, 4.69) is 10.6 Å². The number of amides is 2. The highest BCUT2D eigenvalue weighted by molar-refractivity contribution is 5.89. The van der Waals surface area contributed by atoms with Crippen molar-refractivity contribution in [2.75, 3.05) is 5.32 Å². The highest BCUT2D eigenvalue weighted by atomic mass is 19.1. The Kier molecular flexibility index (Phi) is 4.13. The molecule has 0 heterocycles. The van der Waals surface area contributed by atoms with E-state index in [1.54, 1.807) is 0 Å². The van der Waals surface area contributed by atoms with Crippen LogP contribution in [0.3, 0.4) is 0 Å². The first-order chi connectivity index (χ1) is 9.13. The zero-order chi connectivity index (χ0) is 13.7. The van der Waals surface area contributed by atoms with Gasteiger partial charge in [0.1, 0.15) is 5.82 Å². The third-order valence-corrected chi connectivity index (χ3v) is 2.68. The zero-order valence-corrected chi connectivity index (χ0v) is 10.6. The molecule has 0 radical (unpaired) electrons. The number of rotatable bonds is 3. The van der Waals surface area contributed by atoms with E-state index in [1.807, 2.05) is 31.2 Å². The lowest BCUT2D eigenvalue weighted by Crippen LogP contribution is -2.28. The first kappa shape index (κ1) is 13.1. The van der Waals surface area contributed by atoms with E-state index in [0.29, 0.717) is 12.2 Å². The number of halogens is 1. The van der Waals surface area contributed by atoms with E-state index in [0.717, 1.165) is 5.56 Å². The van der Waals surface area contributed by atoms with Gasteiger partial charge in [-0.2, -0.15) is 0 Å². The molecule has 0 saturated heterocycles. The van der Waals surface area contributed by atoms with Gasteiger partial charge in [-0.1, -0.05) is 29.8 Å². The summed E-state index contributed by atoms with van der Waals surface area (Å²) < 4.78 is 12.7. The Bertz CT molecular complexity index is 549. The summed E-state index contributed by atoms with van der Waals surface area (Å²) >= 11 is 0. The van der Waals surface area contributed by atoms with Gasteiger partial charge in [0.2, 0.25) is 0 Å². The molecule has 2 rings (SSSR count). The Morgan fingerprint density at radius 2 is 1.68 bits per heavy atom. The van der Waals surface area contributed by atoms with Crippen molar-refractivity contribution in [1.82, 2.24) is 5.32 Å². The minimum atomic E-state index is -0.328. The van der Waals surface area contributed by atoms with Crippen LogP contribution < -0.4 is 10.6 Å². The molecule has 3 nitrogen and oxygen atoms in total. The van der Waals surface area contributed by atoms with Gasteiger partial charge in [0.15, 0.2) is 0 Å². The minimum Gasteiger partial charge on any atom is -0.334 e. The van der Waals surface area contributed by atoms with E-state index in [9.17, 15) is 9.18 Å². The maximum absolute atomic E-state index is 12.7. The molecule has 2 N–H and O–H groups in total. The van der Waals surface area contributed by atoms with E-state index >= 15 is 0 Å². The number of anilines is 1. The molecule has 98 valence electrons. The van der Waals surface area contributed by atoms with Crippen molar-refractivity contribution in [2.24, 2.45) is 0 Å². The summed E-state index contributed by atoms with van der Waals surface area (Å²) in [5.74, 6) is -0.328. The summed E-state index contributed by atoms with van der Waals surface area (Å²) in [4.78, 5) is 11.6. The van der Waals surface area contributed by atoms with Crippen LogP contribution in [-0.2, 0) is 6.54 Å². The molecular weight excluding hydrogens is 243 g/mol. The Morgan fingerprint density at radius 3 is 2.32 bits per heavy atom. The van der Waals surface area contributed by atoms with E-state index in [1.165, 1.54) is 29.8 Å². The van der Waals surface area contributed by atoms with Gasteiger partial charge < -0.3 is 10.6 Å². The maximum Gasteiger partial charge on any atom is 0.319 e. The third kappa shape index (κ3) is 4.10. The highest BCUT2D eigenvalue weighted by Crippen LogP contribution is 2.08. The van der Waals surface area contributed by atoms with Gasteiger partial charge in [-0.15, -0.1) is 0 Å². The van der Waals surface area contributed by atoms with Crippen LogP contribution in [0.25, 0.3) is 0 Å². The predicted molar refractivity (Wildman–Crippen MR) is 73.4 cm³/mol. The summed E-state index contributed by atoms with van der Waals surface area (Å²) in [5, 5.41) is 5.37. The topological polar surface area (TPSA) is 41.1 Å². The molecular formula is C15H15FN2O. The molecule has 0 saturated carbocycles. The van der Waals surface area contributed by atoms with Crippen LogP contribution in [0, 0.1) is 12.7 Å². The van der Waals surface area contributed by atoms with E-state index in [-0.39, 0.29) is 11.8 Å². The lowest BCUT2D eigenvalue weighted by Gasteiger charge is -2.07. The molecule has 0 aliphatic rings. The largest absolute Gasteiger partial charge is 0.334 e. The van der Waals surface area contributed by atoms with Gasteiger partial charge in [0.05, 0.1) is 0 Å². The molecule has 0 unspecified atom stereocenters. The molecule has 0 fully saturated rings. The van der Waals surface area contributed by atoms with Crippen molar-refractivity contribution < 1.29 is 9.18 Å². The number of hydrogen-bond donors (Lipinski definition) is 2. The molecule has 0 bridgehead atoms. The van der Waals surface area contributed by atoms with Crippen molar-refractivity contribution in [3.8, 4) is 0 Å². The molecule has 2 aromatic carbocycles. The lowest BCUT2D eigenvalue weighted by molar-refractivity contribution is 0.251. The molecule has 0 atom stereocenters. The number of benzene rings is 2. The number of nitrogens with one attached hydrogen (secondary N) is 2. The Balaban J connectivity index is 1.84. The second-order valence-corrected chi connectivity index (χ2v) is 4.30. The second-order valence-electron chi connectivity index (χ2n) is 4.30. The second kappa shape index (κ2) is 6.00. The van der Waals surface area contributed by atoms with Crippen LogP contribution in [0.4, 0.5) is 14.9 Å². The summed E-state index contributed by atoms with van der Waals surface area (Å²) in [6, 6.07) is 13.2. The number of carbonyl (C=O) groups excluding carboxylic acids is 1. The molecule has 0 spiro atoms. The van der Waals surface area contributed by atoms with Crippen molar-refractivity contribution in [1.29, 1.82) is 0 Å². The quantitative estimate of drug-likeness (QED) is 0.869. The monoisotopic (exact) mass is 258 g/mol. The van der Waals surface area contributed by atoms with Gasteiger partial charge in [-0.05, 0) is 36.8 Å². The lowest BCUT2D eigenvalue weighted by atomic mass is 10.1. The van der Waals surface area contributed by atoms with Crippen LogP contribution in [0.5, 0.6) is 0 Å². The summed E-state index contributed by atoms with van der Waals surface area (Å²) in [6.07, 6.45) is 0. The predicted octanol–water partition coefficient (Wildman–Crippen LogP) is 3.46. The molecule has 4 heteroatoms. The van der Waals surface area contributed by atoms with E-state index in [4.69, 9.17) is 0 Å². The third-order valence-electron chi connectivity index (χ3n) is 2.68. The smallest absolute Gasteiger partial charge is 0.319 e. The van der Waals surface area contributed by atoms with Gasteiger partial charge in [0.25, 0.3) is 0 Å². The fraction of sp³-hybridized carbons (Fsp3) is 0.133.